The van der Waals surface area contributed by atoms with E-state index in [9.17, 15) is 0 Å². The zero-order valence-corrected chi connectivity index (χ0v) is 13.3. The van der Waals surface area contributed by atoms with Crippen LogP contribution in [-0.2, 0) is 6.54 Å². The highest BCUT2D eigenvalue weighted by Crippen LogP contribution is 2.23. The van der Waals surface area contributed by atoms with Crippen molar-refractivity contribution in [2.45, 2.75) is 6.54 Å². The normalized spacial score (nSPS) is 11.3. The molecule has 3 N–H and O–H groups in total. The molecular formula is C18H18N4O2. The van der Waals surface area contributed by atoms with Crippen molar-refractivity contribution in [1.29, 1.82) is 0 Å². The summed E-state index contributed by atoms with van der Waals surface area (Å²) >= 11 is 0. The summed E-state index contributed by atoms with van der Waals surface area (Å²) in [6.45, 7) is 0.324. The van der Waals surface area contributed by atoms with Crippen LogP contribution in [0.2, 0.25) is 0 Å². The van der Waals surface area contributed by atoms with Gasteiger partial charge in [0.1, 0.15) is 11.4 Å². The number of nitrogens with two attached hydrogens (primary N) is 1. The van der Waals surface area contributed by atoms with Crippen LogP contribution in [0.4, 0.5) is 5.69 Å². The number of hydrogen-bond acceptors (Lipinski definition) is 4. The second-order valence-corrected chi connectivity index (χ2v) is 5.08. The fraction of sp³-hybridized carbons (Fsp3) is 0.111. The van der Waals surface area contributed by atoms with Crippen molar-refractivity contribution in [3.8, 4) is 17.1 Å². The molecule has 2 aromatic carbocycles. The number of anilines is 1. The van der Waals surface area contributed by atoms with Crippen LogP contribution < -0.4 is 15.8 Å². The van der Waals surface area contributed by atoms with Crippen molar-refractivity contribution in [3.63, 3.8) is 0 Å². The van der Waals surface area contributed by atoms with Crippen molar-refractivity contribution in [3.05, 3.63) is 66.4 Å². The van der Waals surface area contributed by atoms with E-state index in [1.807, 2.05) is 60.7 Å². The Labute approximate surface area is 140 Å². The van der Waals surface area contributed by atoms with E-state index in [4.69, 9.17) is 15.0 Å². The SMILES string of the molecule is COc1ccccc1NC(N)=NCc1cc(-c2ccccc2)on1. The van der Waals surface area contributed by atoms with Crippen molar-refractivity contribution >= 4 is 11.6 Å². The Balaban J connectivity index is 1.66. The highest BCUT2D eigenvalue weighted by atomic mass is 16.5. The molecule has 3 rings (SSSR count). The lowest BCUT2D eigenvalue weighted by Gasteiger charge is -2.09. The minimum absolute atomic E-state index is 0.281. The molecule has 6 heteroatoms. The quantitative estimate of drug-likeness (QED) is 0.556. The minimum Gasteiger partial charge on any atom is -0.495 e. The second kappa shape index (κ2) is 7.32. The Morgan fingerprint density at radius 2 is 1.92 bits per heavy atom. The van der Waals surface area contributed by atoms with Crippen LogP contribution in [0.25, 0.3) is 11.3 Å². The molecule has 0 bridgehead atoms. The van der Waals surface area contributed by atoms with Crippen LogP contribution in [0.15, 0.2) is 70.2 Å². The van der Waals surface area contributed by atoms with Crippen molar-refractivity contribution in [1.82, 2.24) is 5.16 Å². The van der Waals surface area contributed by atoms with E-state index in [-0.39, 0.29) is 5.96 Å². The van der Waals surface area contributed by atoms with Gasteiger partial charge < -0.3 is 20.3 Å². The van der Waals surface area contributed by atoms with Gasteiger partial charge in [-0.3, -0.25) is 0 Å². The lowest BCUT2D eigenvalue weighted by atomic mass is 10.2. The number of hydrogen-bond donors (Lipinski definition) is 2. The van der Waals surface area contributed by atoms with Crippen LogP contribution in [0, 0.1) is 0 Å². The number of aliphatic imine (C=N–C) groups is 1. The molecule has 1 heterocycles. The van der Waals surface area contributed by atoms with E-state index in [0.717, 1.165) is 11.3 Å². The monoisotopic (exact) mass is 322 g/mol. The van der Waals surface area contributed by atoms with E-state index >= 15 is 0 Å². The lowest BCUT2D eigenvalue weighted by molar-refractivity contribution is 0.417. The van der Waals surface area contributed by atoms with Gasteiger partial charge in [0.2, 0.25) is 0 Å². The summed E-state index contributed by atoms with van der Waals surface area (Å²) < 4.78 is 10.6. The predicted molar refractivity (Wildman–Crippen MR) is 93.9 cm³/mol. The first-order valence-electron chi connectivity index (χ1n) is 7.47. The molecule has 0 atom stereocenters. The Bertz CT molecular complexity index is 828. The topological polar surface area (TPSA) is 85.7 Å². The van der Waals surface area contributed by atoms with Gasteiger partial charge in [-0.2, -0.15) is 0 Å². The Hall–Kier alpha value is -3.28. The van der Waals surface area contributed by atoms with E-state index in [1.165, 1.54) is 0 Å². The molecule has 0 fully saturated rings. The molecule has 0 aliphatic rings. The van der Waals surface area contributed by atoms with Crippen molar-refractivity contribution < 1.29 is 9.26 Å². The number of nitrogens with zero attached hydrogens (tertiary/aromatic N) is 2. The molecule has 0 spiro atoms. The third-order valence-electron chi connectivity index (χ3n) is 3.40. The fourth-order valence-corrected chi connectivity index (χ4v) is 2.22. The summed E-state index contributed by atoms with van der Waals surface area (Å²) in [6.07, 6.45) is 0. The first kappa shape index (κ1) is 15.6. The van der Waals surface area contributed by atoms with Gasteiger partial charge in [0.25, 0.3) is 0 Å². The van der Waals surface area contributed by atoms with Gasteiger partial charge in [-0.15, -0.1) is 0 Å². The number of rotatable bonds is 5. The average Bonchev–Trinajstić information content (AvgIpc) is 3.10. The van der Waals surface area contributed by atoms with Gasteiger partial charge in [0.15, 0.2) is 11.7 Å². The molecule has 24 heavy (non-hydrogen) atoms. The minimum atomic E-state index is 0.281. The van der Waals surface area contributed by atoms with Gasteiger partial charge in [-0.05, 0) is 12.1 Å². The summed E-state index contributed by atoms with van der Waals surface area (Å²) in [5.41, 5.74) is 8.36. The lowest BCUT2D eigenvalue weighted by Crippen LogP contribution is -2.22. The maximum absolute atomic E-state index is 5.92. The largest absolute Gasteiger partial charge is 0.495 e. The molecule has 0 unspecified atom stereocenters. The van der Waals surface area contributed by atoms with E-state index < -0.39 is 0 Å². The van der Waals surface area contributed by atoms with Gasteiger partial charge in [-0.25, -0.2) is 4.99 Å². The standard InChI is InChI=1S/C18H18N4O2/c1-23-16-10-6-5-9-15(16)21-18(19)20-12-14-11-17(24-22-14)13-7-3-2-4-8-13/h2-11H,12H2,1H3,(H3,19,20,21). The maximum atomic E-state index is 5.92. The van der Waals surface area contributed by atoms with E-state index in [0.29, 0.717) is 23.7 Å². The molecule has 122 valence electrons. The van der Waals surface area contributed by atoms with Crippen molar-refractivity contribution in [2.24, 2.45) is 10.7 Å². The first-order chi connectivity index (χ1) is 11.8. The van der Waals surface area contributed by atoms with Crippen LogP contribution >= 0.6 is 0 Å². The van der Waals surface area contributed by atoms with Crippen LogP contribution in [0.1, 0.15) is 5.69 Å². The zero-order chi connectivity index (χ0) is 16.8. The number of nitrogens with one attached hydrogen (secondary N) is 1. The number of para-hydroxylation sites is 2. The van der Waals surface area contributed by atoms with Gasteiger partial charge >= 0.3 is 0 Å². The van der Waals surface area contributed by atoms with Gasteiger partial charge in [0.05, 0.1) is 19.3 Å². The second-order valence-electron chi connectivity index (χ2n) is 5.08. The summed E-state index contributed by atoms with van der Waals surface area (Å²) in [5, 5.41) is 7.03. The first-order valence-corrected chi connectivity index (χ1v) is 7.47. The summed E-state index contributed by atoms with van der Waals surface area (Å²) in [6, 6.07) is 19.1. The summed E-state index contributed by atoms with van der Waals surface area (Å²) in [7, 11) is 1.61. The maximum Gasteiger partial charge on any atom is 0.193 e. The van der Waals surface area contributed by atoms with Crippen LogP contribution in [0.5, 0.6) is 5.75 Å². The Morgan fingerprint density at radius 1 is 1.17 bits per heavy atom. The summed E-state index contributed by atoms with van der Waals surface area (Å²) in [4.78, 5) is 4.28. The molecule has 3 aromatic rings. The van der Waals surface area contributed by atoms with Gasteiger partial charge in [-0.1, -0.05) is 47.6 Å². The highest BCUT2D eigenvalue weighted by Gasteiger charge is 2.06. The smallest absolute Gasteiger partial charge is 0.193 e. The molecular weight excluding hydrogens is 304 g/mol. The summed E-state index contributed by atoms with van der Waals surface area (Å²) in [5.74, 6) is 1.68. The Kier molecular flexibility index (Phi) is 4.76. The average molecular weight is 322 g/mol. The van der Waals surface area contributed by atoms with E-state index in [1.54, 1.807) is 7.11 Å². The van der Waals surface area contributed by atoms with Gasteiger partial charge in [0, 0.05) is 11.6 Å². The van der Waals surface area contributed by atoms with Crippen LogP contribution in [-0.4, -0.2) is 18.2 Å². The number of ether oxygens (including phenoxy) is 1. The molecule has 0 aliphatic carbocycles. The molecule has 0 saturated heterocycles. The molecule has 0 saturated carbocycles. The fourth-order valence-electron chi connectivity index (χ4n) is 2.22. The third kappa shape index (κ3) is 3.73. The van der Waals surface area contributed by atoms with Crippen LogP contribution in [0.3, 0.4) is 0 Å². The third-order valence-corrected chi connectivity index (χ3v) is 3.40. The highest BCUT2D eigenvalue weighted by molar-refractivity contribution is 5.93. The molecule has 0 radical (unpaired) electrons. The number of methoxy groups -OCH3 is 1. The molecule has 0 aliphatic heterocycles. The zero-order valence-electron chi connectivity index (χ0n) is 13.3. The number of guanidine groups is 1. The number of aromatic nitrogens is 1. The van der Waals surface area contributed by atoms with Crippen molar-refractivity contribution in [2.75, 3.05) is 12.4 Å². The Morgan fingerprint density at radius 3 is 2.71 bits per heavy atom. The molecule has 6 nitrogen and oxygen atoms in total. The molecule has 0 amide bonds. The molecule has 1 aromatic heterocycles. The number of benzene rings is 2. The van der Waals surface area contributed by atoms with E-state index in [2.05, 4.69) is 15.5 Å². The predicted octanol–water partition coefficient (Wildman–Crippen LogP) is 3.28.